The molecule has 0 unspecified atom stereocenters. The summed E-state index contributed by atoms with van der Waals surface area (Å²) in [5.41, 5.74) is 1.31. The molecule has 0 saturated carbocycles. The Hall–Kier alpha value is -0.723. The van der Waals surface area contributed by atoms with E-state index >= 15 is 0 Å². The van der Waals surface area contributed by atoms with Crippen molar-refractivity contribution in [1.29, 1.82) is 0 Å². The molecule has 0 saturated heterocycles. The lowest BCUT2D eigenvalue weighted by atomic mass is 10.1. The fraction of sp³-hybridized carbons (Fsp3) is 0.538. The Morgan fingerprint density at radius 3 is 2.06 bits per heavy atom. The van der Waals surface area contributed by atoms with Crippen molar-refractivity contribution in [2.75, 3.05) is 21.3 Å². The van der Waals surface area contributed by atoms with E-state index < -0.39 is 8.80 Å². The Kier molecular flexibility index (Phi) is 6.52. The molecule has 1 aromatic rings. The molecule has 0 aliphatic heterocycles. The maximum absolute atomic E-state index is 5.40. The normalized spacial score (nSPS) is 11.8. The van der Waals surface area contributed by atoms with Crippen molar-refractivity contribution in [3.8, 4) is 0 Å². The molecule has 0 amide bonds. The molecule has 1 rings (SSSR count). The lowest BCUT2D eigenvalue weighted by molar-refractivity contribution is -0.220. The summed E-state index contributed by atoms with van der Waals surface area (Å²) in [6, 6.07) is 8.15. The van der Waals surface area contributed by atoms with Gasteiger partial charge in [0.1, 0.15) is 0 Å². The molecule has 18 heavy (non-hydrogen) atoms. The lowest BCUT2D eigenvalue weighted by Gasteiger charge is -2.24. The second-order valence-corrected chi connectivity index (χ2v) is 6.69. The summed E-state index contributed by atoms with van der Waals surface area (Å²) in [6.45, 7) is 2.19. The zero-order valence-corrected chi connectivity index (χ0v) is 12.6. The summed E-state index contributed by atoms with van der Waals surface area (Å²) in [7, 11) is 1.70. The molecule has 0 aliphatic carbocycles. The second-order valence-electron chi connectivity index (χ2n) is 4.01. The number of unbranched alkanes of at least 4 members (excludes halogenated alkanes) is 1. The average molecular weight is 270 g/mol. The van der Waals surface area contributed by atoms with Gasteiger partial charge in [0.15, 0.2) is 0 Å². The van der Waals surface area contributed by atoms with Crippen molar-refractivity contribution < 1.29 is 18.3 Å². The number of hydrogen-bond acceptors (Lipinski definition) is 4. The molecule has 102 valence electrons. The Labute approximate surface area is 110 Å². The molecule has 0 aliphatic rings. The quantitative estimate of drug-likeness (QED) is 0.411. The van der Waals surface area contributed by atoms with Gasteiger partial charge in [0, 0.05) is 19.4 Å². The minimum atomic E-state index is -2.90. The Balaban J connectivity index is 2.86. The third-order valence-electron chi connectivity index (χ3n) is 2.86. The number of hydrogen-bond donors (Lipinski definition) is 0. The van der Waals surface area contributed by atoms with Crippen molar-refractivity contribution in [2.24, 2.45) is 0 Å². The van der Waals surface area contributed by atoms with E-state index in [9.17, 15) is 0 Å². The molecule has 0 N–H and O–H groups in total. The van der Waals surface area contributed by atoms with Gasteiger partial charge in [-0.25, -0.2) is 9.46 Å². The van der Waals surface area contributed by atoms with E-state index in [1.807, 2.05) is 12.1 Å². The van der Waals surface area contributed by atoms with Crippen LogP contribution in [0.5, 0.6) is 0 Å². The second kappa shape index (κ2) is 7.65. The fourth-order valence-electron chi connectivity index (χ4n) is 1.80. The van der Waals surface area contributed by atoms with Crippen LogP contribution in [0.25, 0.3) is 0 Å². The zero-order valence-electron chi connectivity index (χ0n) is 11.6. The summed E-state index contributed by atoms with van der Waals surface area (Å²) in [4.78, 5) is 4.75. The fourth-order valence-corrected chi connectivity index (χ4v) is 3.47. The Bertz CT molecular complexity index is 335. The third-order valence-corrected chi connectivity index (χ3v) is 5.36. The lowest BCUT2D eigenvalue weighted by Crippen LogP contribution is -2.55. The van der Waals surface area contributed by atoms with Gasteiger partial charge in [0.05, 0.1) is 7.11 Å². The maximum atomic E-state index is 5.40. The van der Waals surface area contributed by atoms with E-state index in [0.717, 1.165) is 11.6 Å². The van der Waals surface area contributed by atoms with Crippen LogP contribution >= 0.6 is 0 Å². The van der Waals surface area contributed by atoms with Crippen molar-refractivity contribution in [3.05, 3.63) is 29.8 Å². The first kappa shape index (κ1) is 15.3. The first-order valence-electron chi connectivity index (χ1n) is 6.14. The van der Waals surface area contributed by atoms with Gasteiger partial charge in [-0.05, 0) is 18.4 Å². The van der Waals surface area contributed by atoms with Crippen LogP contribution in [-0.2, 0) is 24.7 Å². The highest BCUT2D eigenvalue weighted by molar-refractivity contribution is 6.75. The molecule has 0 fully saturated rings. The van der Waals surface area contributed by atoms with E-state index in [1.165, 1.54) is 25.5 Å². The standard InChI is InChI=1S/C13H22O4Si/c1-5-6-7-12-8-10-13(11-9-12)18(15-3,16-4)17-14-2/h8-11H,5-7H2,1-4H3. The van der Waals surface area contributed by atoms with Crippen LogP contribution < -0.4 is 5.19 Å². The van der Waals surface area contributed by atoms with Gasteiger partial charge >= 0.3 is 8.80 Å². The topological polar surface area (TPSA) is 36.9 Å². The monoisotopic (exact) mass is 270 g/mol. The average Bonchev–Trinajstić information content (AvgIpc) is 2.43. The number of aryl methyl sites for hydroxylation is 1. The van der Waals surface area contributed by atoms with E-state index in [0.29, 0.717) is 0 Å². The van der Waals surface area contributed by atoms with Gasteiger partial charge in [-0.15, -0.1) is 0 Å². The van der Waals surface area contributed by atoms with Crippen LogP contribution in [0.1, 0.15) is 25.3 Å². The van der Waals surface area contributed by atoms with E-state index in [2.05, 4.69) is 19.1 Å². The van der Waals surface area contributed by atoms with Crippen molar-refractivity contribution >= 4 is 14.0 Å². The van der Waals surface area contributed by atoms with Gasteiger partial charge in [0.2, 0.25) is 0 Å². The van der Waals surface area contributed by atoms with Gasteiger partial charge in [-0.3, -0.25) is 0 Å². The summed E-state index contributed by atoms with van der Waals surface area (Å²) in [5.74, 6) is 0. The van der Waals surface area contributed by atoms with Crippen LogP contribution in [0.2, 0.25) is 0 Å². The van der Waals surface area contributed by atoms with Crippen LogP contribution in [0.4, 0.5) is 0 Å². The van der Waals surface area contributed by atoms with Gasteiger partial charge in [0.25, 0.3) is 0 Å². The van der Waals surface area contributed by atoms with Crippen molar-refractivity contribution in [3.63, 3.8) is 0 Å². The molecule has 0 radical (unpaired) electrons. The highest BCUT2D eigenvalue weighted by atomic mass is 28.4. The molecule has 1 aromatic carbocycles. The predicted molar refractivity (Wildman–Crippen MR) is 72.6 cm³/mol. The molecule has 0 aromatic heterocycles. The molecule has 0 heterocycles. The Morgan fingerprint density at radius 1 is 1.00 bits per heavy atom. The summed E-state index contributed by atoms with van der Waals surface area (Å²) in [6.07, 6.45) is 3.49. The van der Waals surface area contributed by atoms with Crippen LogP contribution in [0.3, 0.4) is 0 Å². The van der Waals surface area contributed by atoms with Crippen LogP contribution in [-0.4, -0.2) is 30.1 Å². The molecule has 5 heteroatoms. The summed E-state index contributed by atoms with van der Waals surface area (Å²) < 4.78 is 16.0. The summed E-state index contributed by atoms with van der Waals surface area (Å²) >= 11 is 0. The van der Waals surface area contributed by atoms with E-state index in [-0.39, 0.29) is 0 Å². The van der Waals surface area contributed by atoms with Crippen molar-refractivity contribution in [1.82, 2.24) is 0 Å². The predicted octanol–water partition coefficient (Wildman–Crippen LogP) is 2.05. The SMILES string of the molecule is CCCCc1ccc([Si](OC)(OC)OOC)cc1. The highest BCUT2D eigenvalue weighted by Gasteiger charge is 2.43. The molecule has 0 bridgehead atoms. The molecule has 4 nitrogen and oxygen atoms in total. The largest absolute Gasteiger partial charge is 0.564 e. The number of benzene rings is 1. The van der Waals surface area contributed by atoms with E-state index in [4.69, 9.17) is 18.3 Å². The van der Waals surface area contributed by atoms with E-state index in [1.54, 1.807) is 14.2 Å². The smallest absolute Gasteiger partial charge is 0.372 e. The summed E-state index contributed by atoms with van der Waals surface area (Å²) in [5, 5.41) is 0.898. The highest BCUT2D eigenvalue weighted by Crippen LogP contribution is 2.10. The van der Waals surface area contributed by atoms with Gasteiger partial charge < -0.3 is 8.85 Å². The minimum Gasteiger partial charge on any atom is -0.372 e. The first-order chi connectivity index (χ1) is 8.72. The van der Waals surface area contributed by atoms with Crippen LogP contribution in [0, 0.1) is 0 Å². The Morgan fingerprint density at radius 2 is 1.61 bits per heavy atom. The number of rotatable bonds is 8. The molecular weight excluding hydrogens is 248 g/mol. The minimum absolute atomic E-state index is 0.898. The zero-order chi connectivity index (χ0) is 13.4. The molecule has 0 atom stereocenters. The van der Waals surface area contributed by atoms with Crippen molar-refractivity contribution in [2.45, 2.75) is 26.2 Å². The van der Waals surface area contributed by atoms with Crippen LogP contribution in [0.15, 0.2) is 24.3 Å². The van der Waals surface area contributed by atoms with Gasteiger partial charge in [-0.2, -0.15) is 0 Å². The molecule has 0 spiro atoms. The van der Waals surface area contributed by atoms with Gasteiger partial charge in [-0.1, -0.05) is 37.6 Å². The molecular formula is C13H22O4Si. The third kappa shape index (κ3) is 3.63. The maximum Gasteiger partial charge on any atom is 0.564 e. The first-order valence-corrected chi connectivity index (χ1v) is 7.86.